The average Bonchev–Trinajstić information content (AvgIpc) is 3.30. The average molecular weight is 923 g/mol. The van der Waals surface area contributed by atoms with Crippen molar-refractivity contribution in [2.75, 3.05) is 33.0 Å². The SMILES string of the molecule is CC/C=C\C/C=C\C/C=C\C/C=C\C/C=C\C/C=C\CCCCCCCCC(=O)OC(COCCCCCCCC)COC1OC(COC2OC(CO)C(O)C(O)C2O)C(O)C(O)C1O. The number of esters is 1. The molecule has 2 aliphatic heterocycles. The predicted molar refractivity (Wildman–Crippen MR) is 252 cm³/mol. The maximum Gasteiger partial charge on any atom is 0.306 e. The van der Waals surface area contributed by atoms with Crippen molar-refractivity contribution in [3.05, 3.63) is 72.9 Å². The minimum atomic E-state index is -1.71. The van der Waals surface area contributed by atoms with Crippen LogP contribution in [0.5, 0.6) is 0 Å². The predicted octanol–water partition coefficient (Wildman–Crippen LogP) is 6.73. The molecule has 11 atom stereocenters. The third-order valence-electron chi connectivity index (χ3n) is 11.2. The van der Waals surface area contributed by atoms with Crippen LogP contribution in [0.25, 0.3) is 0 Å². The summed E-state index contributed by atoms with van der Waals surface area (Å²) >= 11 is 0. The Balaban J connectivity index is 1.69. The fourth-order valence-corrected chi connectivity index (χ4v) is 7.23. The van der Waals surface area contributed by atoms with Crippen molar-refractivity contribution in [1.29, 1.82) is 0 Å². The highest BCUT2D eigenvalue weighted by atomic mass is 16.7. The van der Waals surface area contributed by atoms with Gasteiger partial charge in [0.2, 0.25) is 0 Å². The van der Waals surface area contributed by atoms with E-state index in [9.17, 15) is 40.5 Å². The highest BCUT2D eigenvalue weighted by Gasteiger charge is 2.47. The second-order valence-electron chi connectivity index (χ2n) is 16.9. The van der Waals surface area contributed by atoms with Crippen molar-refractivity contribution in [2.45, 2.75) is 210 Å². The number of aliphatic hydroxyl groups is 7. The summed E-state index contributed by atoms with van der Waals surface area (Å²) in [6.45, 7) is 3.46. The number of carbonyl (C=O) groups excluding carboxylic acids is 1. The number of rotatable bonds is 37. The molecule has 14 heteroatoms. The maximum atomic E-state index is 12.9. The van der Waals surface area contributed by atoms with Crippen molar-refractivity contribution in [3.63, 3.8) is 0 Å². The summed E-state index contributed by atoms with van der Waals surface area (Å²) in [6.07, 6.45) is 30.0. The number of hydrogen-bond acceptors (Lipinski definition) is 14. The first kappa shape index (κ1) is 58.6. The van der Waals surface area contributed by atoms with Crippen LogP contribution in [0.3, 0.4) is 0 Å². The van der Waals surface area contributed by atoms with Gasteiger partial charge in [-0.15, -0.1) is 0 Å². The van der Waals surface area contributed by atoms with Crippen LogP contribution in [0.15, 0.2) is 72.9 Å². The van der Waals surface area contributed by atoms with Crippen molar-refractivity contribution in [3.8, 4) is 0 Å². The van der Waals surface area contributed by atoms with Gasteiger partial charge in [-0.3, -0.25) is 4.79 Å². The van der Waals surface area contributed by atoms with Gasteiger partial charge in [-0.1, -0.05) is 145 Å². The Hall–Kier alpha value is -2.57. The number of ether oxygens (including phenoxy) is 6. The van der Waals surface area contributed by atoms with E-state index in [2.05, 4.69) is 86.8 Å². The molecule has 65 heavy (non-hydrogen) atoms. The molecule has 0 aliphatic carbocycles. The quantitative estimate of drug-likeness (QED) is 0.0196. The molecule has 11 unspecified atom stereocenters. The number of unbranched alkanes of at least 4 members (excludes halogenated alkanes) is 11. The summed E-state index contributed by atoms with van der Waals surface area (Å²) in [5.41, 5.74) is 0. The van der Waals surface area contributed by atoms with E-state index < -0.39 is 86.7 Å². The van der Waals surface area contributed by atoms with Crippen molar-refractivity contribution >= 4 is 5.97 Å². The Morgan fingerprint density at radius 3 is 1.57 bits per heavy atom. The fraction of sp³-hybridized carbons (Fsp3) is 0.745. The Bertz CT molecular complexity index is 1350. The largest absolute Gasteiger partial charge is 0.457 e. The van der Waals surface area contributed by atoms with Crippen molar-refractivity contribution in [1.82, 2.24) is 0 Å². The summed E-state index contributed by atoms with van der Waals surface area (Å²) in [5.74, 6) is -0.397. The summed E-state index contributed by atoms with van der Waals surface area (Å²) in [5, 5.41) is 71.8. The monoisotopic (exact) mass is 923 g/mol. The topological polar surface area (TPSA) is 214 Å². The van der Waals surface area contributed by atoms with Gasteiger partial charge in [0.05, 0.1) is 26.4 Å². The van der Waals surface area contributed by atoms with Gasteiger partial charge in [0.25, 0.3) is 0 Å². The molecule has 0 aromatic carbocycles. The Morgan fingerprint density at radius 2 is 1.00 bits per heavy atom. The lowest BCUT2D eigenvalue weighted by molar-refractivity contribution is -0.332. The maximum absolute atomic E-state index is 12.9. The zero-order valence-electron chi connectivity index (χ0n) is 39.4. The third kappa shape index (κ3) is 26.5. The summed E-state index contributed by atoms with van der Waals surface area (Å²) in [4.78, 5) is 12.9. The number of carbonyl (C=O) groups is 1. The molecular formula is C51H86O14. The van der Waals surface area contributed by atoms with E-state index in [4.69, 9.17) is 28.4 Å². The van der Waals surface area contributed by atoms with Gasteiger partial charge in [-0.2, -0.15) is 0 Å². The fourth-order valence-electron chi connectivity index (χ4n) is 7.23. The summed E-state index contributed by atoms with van der Waals surface area (Å²) in [6, 6.07) is 0. The molecule has 2 fully saturated rings. The Labute approximate surface area is 389 Å². The van der Waals surface area contributed by atoms with Gasteiger partial charge in [0.15, 0.2) is 12.6 Å². The molecule has 2 heterocycles. The lowest BCUT2D eigenvalue weighted by Gasteiger charge is -2.42. The lowest BCUT2D eigenvalue weighted by atomic mass is 9.98. The van der Waals surface area contributed by atoms with Crippen LogP contribution in [0.2, 0.25) is 0 Å². The second-order valence-corrected chi connectivity index (χ2v) is 16.9. The summed E-state index contributed by atoms with van der Waals surface area (Å²) in [7, 11) is 0. The molecule has 2 aliphatic rings. The molecule has 14 nitrogen and oxygen atoms in total. The van der Waals surface area contributed by atoms with Crippen LogP contribution in [-0.4, -0.2) is 142 Å². The molecule has 0 bridgehead atoms. The van der Waals surface area contributed by atoms with Gasteiger partial charge < -0.3 is 64.2 Å². The van der Waals surface area contributed by atoms with E-state index in [1.807, 2.05) is 0 Å². The molecule has 2 rings (SSSR count). The van der Waals surface area contributed by atoms with Gasteiger partial charge in [0.1, 0.15) is 54.9 Å². The molecule has 0 saturated carbocycles. The molecule has 7 N–H and O–H groups in total. The standard InChI is InChI=1S/C51H86O14/c1-3-5-7-9-11-12-13-14-15-16-17-18-19-20-21-22-23-24-25-26-27-28-29-30-32-34-43(53)63-40(37-60-35-33-31-10-8-6-4-2)38-61-50-49(59)47(57)45(55)42(65-50)39-62-51-48(58)46(56)44(54)41(36-52)64-51/h5,7,11-12,14-15,17-18,20-21,23-24,40-42,44-52,54-59H,3-4,6,8-10,13,16,19,22,25-39H2,1-2H3/b7-5-,12-11-,15-14-,18-17-,21-20-,24-23-. The third-order valence-corrected chi connectivity index (χ3v) is 11.2. The van der Waals surface area contributed by atoms with Crippen LogP contribution in [-0.2, 0) is 33.2 Å². The van der Waals surface area contributed by atoms with E-state index in [0.29, 0.717) is 13.0 Å². The minimum Gasteiger partial charge on any atom is -0.457 e. The molecule has 0 aromatic rings. The highest BCUT2D eigenvalue weighted by molar-refractivity contribution is 5.69. The number of aliphatic hydroxyl groups excluding tert-OH is 7. The van der Waals surface area contributed by atoms with Crippen LogP contribution < -0.4 is 0 Å². The number of hydrogen-bond donors (Lipinski definition) is 7. The van der Waals surface area contributed by atoms with E-state index in [1.165, 1.54) is 12.8 Å². The number of allylic oxidation sites excluding steroid dienone is 12. The van der Waals surface area contributed by atoms with Gasteiger partial charge in [0, 0.05) is 13.0 Å². The van der Waals surface area contributed by atoms with Crippen LogP contribution in [0.4, 0.5) is 0 Å². The Kier molecular flexibility index (Phi) is 34.6. The Morgan fingerprint density at radius 1 is 0.523 bits per heavy atom. The van der Waals surface area contributed by atoms with Gasteiger partial charge >= 0.3 is 5.97 Å². The molecule has 2 saturated heterocycles. The molecule has 0 amide bonds. The normalized spacial score (nSPS) is 27.2. The van der Waals surface area contributed by atoms with Crippen molar-refractivity contribution < 1.29 is 69.0 Å². The first-order valence-corrected chi connectivity index (χ1v) is 24.5. The van der Waals surface area contributed by atoms with Gasteiger partial charge in [-0.05, 0) is 64.2 Å². The minimum absolute atomic E-state index is 0.0507. The first-order valence-electron chi connectivity index (χ1n) is 24.5. The summed E-state index contributed by atoms with van der Waals surface area (Å²) < 4.78 is 34.0. The molecule has 374 valence electrons. The molecular weight excluding hydrogens is 837 g/mol. The lowest BCUT2D eigenvalue weighted by Crippen LogP contribution is -2.61. The zero-order valence-corrected chi connectivity index (χ0v) is 39.4. The van der Waals surface area contributed by atoms with E-state index in [-0.39, 0.29) is 19.6 Å². The van der Waals surface area contributed by atoms with E-state index >= 15 is 0 Å². The van der Waals surface area contributed by atoms with Crippen LogP contribution in [0.1, 0.15) is 142 Å². The second kappa shape index (κ2) is 38.4. The van der Waals surface area contributed by atoms with Gasteiger partial charge in [-0.25, -0.2) is 0 Å². The molecule has 0 spiro atoms. The van der Waals surface area contributed by atoms with E-state index in [1.54, 1.807) is 0 Å². The molecule has 0 radical (unpaired) electrons. The van der Waals surface area contributed by atoms with Crippen LogP contribution >= 0.6 is 0 Å². The molecule has 0 aromatic heterocycles. The smallest absolute Gasteiger partial charge is 0.306 e. The first-order chi connectivity index (χ1) is 31.6. The highest BCUT2D eigenvalue weighted by Crippen LogP contribution is 2.26. The zero-order chi connectivity index (χ0) is 47.3. The van der Waals surface area contributed by atoms with Crippen LogP contribution in [0, 0.1) is 0 Å². The van der Waals surface area contributed by atoms with E-state index in [0.717, 1.165) is 103 Å². The van der Waals surface area contributed by atoms with Crippen molar-refractivity contribution in [2.24, 2.45) is 0 Å².